The minimum Gasteiger partial charge on any atom is -0.381 e. The van der Waals surface area contributed by atoms with Crippen LogP contribution in [0.25, 0.3) is 0 Å². The number of hydrogen-bond acceptors (Lipinski definition) is 3. The van der Waals surface area contributed by atoms with E-state index in [4.69, 9.17) is 16.3 Å². The van der Waals surface area contributed by atoms with Crippen molar-refractivity contribution in [1.82, 2.24) is 10.6 Å². The molecule has 1 saturated heterocycles. The smallest absolute Gasteiger partial charge is 0.231 e. The van der Waals surface area contributed by atoms with E-state index in [1.807, 2.05) is 24.3 Å². The molecule has 2 N–H and O–H groups in total. The second-order valence-electron chi connectivity index (χ2n) is 6.17. The van der Waals surface area contributed by atoms with E-state index in [-0.39, 0.29) is 18.3 Å². The third-order valence-corrected chi connectivity index (χ3v) is 5.13. The summed E-state index contributed by atoms with van der Waals surface area (Å²) in [5.41, 5.74) is 1.63. The van der Waals surface area contributed by atoms with Crippen molar-refractivity contribution < 1.29 is 9.53 Å². The predicted molar refractivity (Wildman–Crippen MR) is 99.0 cm³/mol. The third kappa shape index (κ3) is 4.12. The fourth-order valence-electron chi connectivity index (χ4n) is 3.38. The average Bonchev–Trinajstić information content (AvgIpc) is 2.61. The highest BCUT2D eigenvalue weighted by Gasteiger charge is 2.42. The quantitative estimate of drug-likeness (QED) is 0.801. The largest absolute Gasteiger partial charge is 0.381 e. The summed E-state index contributed by atoms with van der Waals surface area (Å²) in [4.78, 5) is 13.0. The Hall–Kier alpha value is -1.07. The highest BCUT2D eigenvalue weighted by atomic mass is 35.5. The standard InChI is InChI=1S/C18H23ClN2O2.ClH/c19-16-4-2-1-3-15(16)18(7-11-23-12-8-18)17(22)21-13-14-5-9-20-10-6-14;/h1-5,20H,6-13H2,(H,21,22);1H. The summed E-state index contributed by atoms with van der Waals surface area (Å²) in [7, 11) is 0. The second kappa shape index (κ2) is 8.86. The maximum atomic E-state index is 13.0. The lowest BCUT2D eigenvalue weighted by Crippen LogP contribution is -2.48. The van der Waals surface area contributed by atoms with Crippen LogP contribution in [0.15, 0.2) is 35.9 Å². The molecule has 132 valence electrons. The van der Waals surface area contributed by atoms with E-state index in [2.05, 4.69) is 16.7 Å². The SMILES string of the molecule is Cl.O=C(NCC1=CCNCC1)C1(c2ccccc2Cl)CCOCC1. The van der Waals surface area contributed by atoms with Crippen molar-refractivity contribution in [2.75, 3.05) is 32.8 Å². The van der Waals surface area contributed by atoms with E-state index >= 15 is 0 Å². The van der Waals surface area contributed by atoms with E-state index in [9.17, 15) is 4.79 Å². The zero-order valence-electron chi connectivity index (χ0n) is 13.6. The Kier molecular flexibility index (Phi) is 7.11. The van der Waals surface area contributed by atoms with E-state index in [1.165, 1.54) is 5.57 Å². The Morgan fingerprint density at radius 3 is 2.71 bits per heavy atom. The summed E-state index contributed by atoms with van der Waals surface area (Å²) in [5.74, 6) is 0.0633. The van der Waals surface area contributed by atoms with Crippen LogP contribution in [0.2, 0.25) is 5.02 Å². The van der Waals surface area contributed by atoms with Gasteiger partial charge in [-0.3, -0.25) is 4.79 Å². The van der Waals surface area contributed by atoms with Gasteiger partial charge in [0.1, 0.15) is 0 Å². The Labute approximate surface area is 154 Å². The van der Waals surface area contributed by atoms with Gasteiger partial charge >= 0.3 is 0 Å². The fourth-order valence-corrected chi connectivity index (χ4v) is 3.70. The molecule has 0 atom stereocenters. The first-order chi connectivity index (χ1) is 11.2. The minimum absolute atomic E-state index is 0. The highest BCUT2D eigenvalue weighted by Crippen LogP contribution is 2.38. The number of carbonyl (C=O) groups is 1. The van der Waals surface area contributed by atoms with Gasteiger partial charge in [0.25, 0.3) is 0 Å². The topological polar surface area (TPSA) is 50.4 Å². The van der Waals surface area contributed by atoms with Crippen molar-refractivity contribution in [2.24, 2.45) is 0 Å². The third-order valence-electron chi connectivity index (χ3n) is 4.80. The molecule has 1 amide bonds. The number of ether oxygens (including phenoxy) is 1. The summed E-state index contributed by atoms with van der Waals surface area (Å²) in [6.45, 7) is 3.66. The van der Waals surface area contributed by atoms with Gasteiger partial charge in [-0.1, -0.05) is 41.4 Å². The molecular formula is C18H24Cl2N2O2. The molecule has 2 heterocycles. The van der Waals surface area contributed by atoms with Gasteiger partial charge < -0.3 is 15.4 Å². The van der Waals surface area contributed by atoms with Crippen LogP contribution in [0.5, 0.6) is 0 Å². The molecule has 0 aliphatic carbocycles. The number of halogens is 2. The fraction of sp³-hybridized carbons (Fsp3) is 0.500. The molecule has 4 nitrogen and oxygen atoms in total. The van der Waals surface area contributed by atoms with Crippen LogP contribution < -0.4 is 10.6 Å². The summed E-state index contributed by atoms with van der Waals surface area (Å²) < 4.78 is 5.49. The maximum Gasteiger partial charge on any atom is 0.231 e. The van der Waals surface area contributed by atoms with Gasteiger partial charge in [-0.15, -0.1) is 12.4 Å². The molecule has 1 aromatic rings. The van der Waals surface area contributed by atoms with Crippen molar-refractivity contribution in [3.63, 3.8) is 0 Å². The van der Waals surface area contributed by atoms with Gasteiger partial charge in [-0.05, 0) is 37.4 Å². The number of rotatable bonds is 4. The van der Waals surface area contributed by atoms with Crippen molar-refractivity contribution >= 4 is 29.9 Å². The molecule has 3 rings (SSSR count). The van der Waals surface area contributed by atoms with E-state index < -0.39 is 5.41 Å². The summed E-state index contributed by atoms with van der Waals surface area (Å²) in [6.07, 6.45) is 4.49. The Morgan fingerprint density at radius 1 is 1.29 bits per heavy atom. The van der Waals surface area contributed by atoms with Crippen LogP contribution in [0.4, 0.5) is 0 Å². The van der Waals surface area contributed by atoms with Gasteiger partial charge in [0.15, 0.2) is 0 Å². The minimum atomic E-state index is -0.579. The predicted octanol–water partition coefficient (Wildman–Crippen LogP) is 2.85. The van der Waals surface area contributed by atoms with Crippen molar-refractivity contribution in [2.45, 2.75) is 24.7 Å². The van der Waals surface area contributed by atoms with Crippen LogP contribution >= 0.6 is 24.0 Å². The van der Waals surface area contributed by atoms with Gasteiger partial charge in [0.2, 0.25) is 5.91 Å². The zero-order valence-corrected chi connectivity index (χ0v) is 15.2. The molecule has 0 saturated carbocycles. The molecular weight excluding hydrogens is 347 g/mol. The molecule has 2 aliphatic heterocycles. The Balaban J connectivity index is 0.00000208. The number of hydrogen-bond donors (Lipinski definition) is 2. The first-order valence-electron chi connectivity index (χ1n) is 8.22. The highest BCUT2D eigenvalue weighted by molar-refractivity contribution is 6.31. The summed E-state index contributed by atoms with van der Waals surface area (Å²) >= 11 is 6.40. The molecule has 0 unspecified atom stereocenters. The lowest BCUT2D eigenvalue weighted by molar-refractivity contribution is -0.130. The summed E-state index contributed by atoms with van der Waals surface area (Å²) in [5, 5.41) is 7.08. The van der Waals surface area contributed by atoms with Gasteiger partial charge in [-0.2, -0.15) is 0 Å². The van der Waals surface area contributed by atoms with Crippen molar-refractivity contribution in [1.29, 1.82) is 0 Å². The molecule has 6 heteroatoms. The number of amides is 1. The monoisotopic (exact) mass is 370 g/mol. The molecule has 0 radical (unpaired) electrons. The van der Waals surface area contributed by atoms with Crippen LogP contribution in [-0.2, 0) is 14.9 Å². The normalized spacial score (nSPS) is 19.8. The van der Waals surface area contributed by atoms with Crippen LogP contribution in [0.3, 0.4) is 0 Å². The van der Waals surface area contributed by atoms with Gasteiger partial charge in [-0.25, -0.2) is 0 Å². The lowest BCUT2D eigenvalue weighted by atomic mass is 9.73. The van der Waals surface area contributed by atoms with Crippen LogP contribution in [0, 0.1) is 0 Å². The molecule has 0 bridgehead atoms. The molecule has 1 aromatic carbocycles. The van der Waals surface area contributed by atoms with Crippen molar-refractivity contribution in [3.8, 4) is 0 Å². The Bertz CT molecular complexity index is 598. The van der Waals surface area contributed by atoms with Gasteiger partial charge in [0, 0.05) is 31.3 Å². The summed E-state index contributed by atoms with van der Waals surface area (Å²) in [6, 6.07) is 7.67. The molecule has 0 spiro atoms. The van der Waals surface area contributed by atoms with E-state index in [0.717, 1.165) is 25.1 Å². The number of nitrogens with one attached hydrogen (secondary N) is 2. The Morgan fingerprint density at radius 2 is 2.04 bits per heavy atom. The maximum absolute atomic E-state index is 13.0. The molecule has 2 aliphatic rings. The van der Waals surface area contributed by atoms with Gasteiger partial charge in [0.05, 0.1) is 5.41 Å². The van der Waals surface area contributed by atoms with Crippen LogP contribution in [0.1, 0.15) is 24.8 Å². The number of carbonyl (C=O) groups excluding carboxylic acids is 1. The zero-order chi connectivity index (χ0) is 16.1. The molecule has 0 aromatic heterocycles. The lowest BCUT2D eigenvalue weighted by Gasteiger charge is -2.37. The van der Waals surface area contributed by atoms with Crippen molar-refractivity contribution in [3.05, 3.63) is 46.5 Å². The first-order valence-corrected chi connectivity index (χ1v) is 8.60. The molecule has 1 fully saturated rings. The van der Waals surface area contributed by atoms with E-state index in [1.54, 1.807) is 0 Å². The molecule has 24 heavy (non-hydrogen) atoms. The number of benzene rings is 1. The van der Waals surface area contributed by atoms with E-state index in [0.29, 0.717) is 37.6 Å². The average molecular weight is 371 g/mol. The van der Waals surface area contributed by atoms with Crippen LogP contribution in [-0.4, -0.2) is 38.8 Å². The first kappa shape index (κ1) is 19.3. The second-order valence-corrected chi connectivity index (χ2v) is 6.58.